The first-order chi connectivity index (χ1) is 8.19. The molecule has 0 heterocycles. The molecular formula is C13H17ClO3. The quantitative estimate of drug-likeness (QED) is 0.576. The molecule has 0 aliphatic rings. The van der Waals surface area contributed by atoms with Gasteiger partial charge in [0.2, 0.25) is 0 Å². The van der Waals surface area contributed by atoms with Crippen LogP contribution >= 0.6 is 11.6 Å². The van der Waals surface area contributed by atoms with E-state index in [4.69, 9.17) is 21.1 Å². The van der Waals surface area contributed by atoms with Gasteiger partial charge >= 0.3 is 5.97 Å². The maximum Gasteiger partial charge on any atom is 0.341 e. The van der Waals surface area contributed by atoms with E-state index in [-0.39, 0.29) is 5.97 Å². The number of alkyl halides is 1. The highest BCUT2D eigenvalue weighted by Crippen LogP contribution is 2.22. The minimum absolute atomic E-state index is 0.373. The SMILES string of the molecule is CCCOC(=O)c1ccccc1OC(Cl)CC. The summed E-state index contributed by atoms with van der Waals surface area (Å²) in [7, 11) is 0. The lowest BCUT2D eigenvalue weighted by molar-refractivity contribution is 0.0499. The summed E-state index contributed by atoms with van der Waals surface area (Å²) in [5.74, 6) is 0.0953. The van der Waals surface area contributed by atoms with Crippen molar-refractivity contribution in [1.29, 1.82) is 0 Å². The fraction of sp³-hybridized carbons (Fsp3) is 0.462. The summed E-state index contributed by atoms with van der Waals surface area (Å²) in [6.07, 6.45) is 1.46. The van der Waals surface area contributed by atoms with Crippen molar-refractivity contribution >= 4 is 17.6 Å². The molecule has 0 radical (unpaired) electrons. The van der Waals surface area contributed by atoms with Crippen LogP contribution in [0.4, 0.5) is 0 Å². The second-order valence-electron chi connectivity index (χ2n) is 3.57. The van der Waals surface area contributed by atoms with Gasteiger partial charge in [0.15, 0.2) is 5.56 Å². The topological polar surface area (TPSA) is 35.5 Å². The highest BCUT2D eigenvalue weighted by molar-refractivity contribution is 6.19. The molecule has 1 rings (SSSR count). The van der Waals surface area contributed by atoms with Crippen LogP contribution in [0.25, 0.3) is 0 Å². The normalized spacial score (nSPS) is 11.9. The van der Waals surface area contributed by atoms with Crippen molar-refractivity contribution in [2.24, 2.45) is 0 Å². The van der Waals surface area contributed by atoms with E-state index >= 15 is 0 Å². The minimum Gasteiger partial charge on any atom is -0.474 e. The highest BCUT2D eigenvalue weighted by atomic mass is 35.5. The third kappa shape index (κ3) is 4.27. The number of hydrogen-bond donors (Lipinski definition) is 0. The molecule has 0 aliphatic carbocycles. The third-order valence-corrected chi connectivity index (χ3v) is 2.52. The molecule has 0 amide bonds. The van der Waals surface area contributed by atoms with Gasteiger partial charge in [-0.15, -0.1) is 0 Å². The van der Waals surface area contributed by atoms with Crippen molar-refractivity contribution in [3.63, 3.8) is 0 Å². The lowest BCUT2D eigenvalue weighted by Gasteiger charge is -2.13. The molecule has 0 aliphatic heterocycles. The summed E-state index contributed by atoms with van der Waals surface area (Å²) >= 11 is 5.91. The fourth-order valence-electron chi connectivity index (χ4n) is 1.23. The number of rotatable bonds is 6. The molecule has 0 aromatic heterocycles. The monoisotopic (exact) mass is 256 g/mol. The van der Waals surface area contributed by atoms with Crippen molar-refractivity contribution in [3.8, 4) is 5.75 Å². The van der Waals surface area contributed by atoms with E-state index in [0.717, 1.165) is 6.42 Å². The first-order valence-corrected chi connectivity index (χ1v) is 6.19. The van der Waals surface area contributed by atoms with Crippen molar-refractivity contribution in [1.82, 2.24) is 0 Å². The van der Waals surface area contributed by atoms with Gasteiger partial charge in [-0.1, -0.05) is 37.6 Å². The zero-order valence-corrected chi connectivity index (χ0v) is 10.9. The van der Waals surface area contributed by atoms with Gasteiger partial charge in [-0.2, -0.15) is 0 Å². The van der Waals surface area contributed by atoms with Crippen LogP contribution in [0.1, 0.15) is 37.0 Å². The molecule has 3 nitrogen and oxygen atoms in total. The molecule has 1 aromatic rings. The summed E-state index contributed by atoms with van der Waals surface area (Å²) in [6.45, 7) is 4.27. The van der Waals surface area contributed by atoms with Gasteiger partial charge in [0, 0.05) is 0 Å². The van der Waals surface area contributed by atoms with Crippen LogP contribution in [0.15, 0.2) is 24.3 Å². The van der Waals surface area contributed by atoms with Gasteiger partial charge < -0.3 is 9.47 Å². The number of halogens is 1. The Morgan fingerprint density at radius 2 is 2.06 bits per heavy atom. The number of esters is 1. The van der Waals surface area contributed by atoms with Crippen LogP contribution in [-0.4, -0.2) is 18.1 Å². The first kappa shape index (κ1) is 13.8. The Kier molecular flexibility index (Phi) is 5.84. The summed E-state index contributed by atoms with van der Waals surface area (Å²) in [5.41, 5.74) is -0.0184. The van der Waals surface area contributed by atoms with E-state index < -0.39 is 5.56 Å². The second kappa shape index (κ2) is 7.17. The molecular weight excluding hydrogens is 240 g/mol. The fourth-order valence-corrected chi connectivity index (χ4v) is 1.33. The van der Waals surface area contributed by atoms with Crippen LogP contribution in [0, 0.1) is 0 Å². The Morgan fingerprint density at radius 1 is 1.35 bits per heavy atom. The number of ether oxygens (including phenoxy) is 2. The largest absolute Gasteiger partial charge is 0.474 e. The van der Waals surface area contributed by atoms with E-state index in [1.165, 1.54) is 0 Å². The van der Waals surface area contributed by atoms with E-state index in [0.29, 0.717) is 24.3 Å². The van der Waals surface area contributed by atoms with Crippen molar-refractivity contribution in [2.45, 2.75) is 32.3 Å². The minimum atomic E-state index is -0.435. The van der Waals surface area contributed by atoms with E-state index in [2.05, 4.69) is 0 Å². The van der Waals surface area contributed by atoms with Crippen molar-refractivity contribution in [3.05, 3.63) is 29.8 Å². The average Bonchev–Trinajstić information content (AvgIpc) is 2.36. The number of carbonyl (C=O) groups excluding carboxylic acids is 1. The van der Waals surface area contributed by atoms with Crippen LogP contribution in [-0.2, 0) is 4.74 Å². The Bertz CT molecular complexity index is 365. The predicted molar refractivity (Wildman–Crippen MR) is 67.6 cm³/mol. The second-order valence-corrected chi connectivity index (χ2v) is 4.06. The zero-order chi connectivity index (χ0) is 12.7. The van der Waals surface area contributed by atoms with Crippen LogP contribution in [0.5, 0.6) is 5.75 Å². The molecule has 0 N–H and O–H groups in total. The summed E-state index contributed by atoms with van der Waals surface area (Å²) in [4.78, 5) is 11.7. The lowest BCUT2D eigenvalue weighted by atomic mass is 10.2. The molecule has 1 atom stereocenters. The van der Waals surface area contributed by atoms with Gasteiger partial charge in [-0.25, -0.2) is 4.79 Å². The number of carbonyl (C=O) groups is 1. The molecule has 0 spiro atoms. The molecule has 4 heteroatoms. The number of hydrogen-bond acceptors (Lipinski definition) is 3. The Labute approximate surface area is 107 Å². The number of benzene rings is 1. The van der Waals surface area contributed by atoms with Gasteiger partial charge in [0.25, 0.3) is 0 Å². The molecule has 17 heavy (non-hydrogen) atoms. The summed E-state index contributed by atoms with van der Waals surface area (Å²) < 4.78 is 10.5. The average molecular weight is 257 g/mol. The summed E-state index contributed by atoms with van der Waals surface area (Å²) in [5, 5.41) is 0. The van der Waals surface area contributed by atoms with Crippen LogP contribution in [0.2, 0.25) is 0 Å². The van der Waals surface area contributed by atoms with E-state index in [1.807, 2.05) is 13.8 Å². The smallest absolute Gasteiger partial charge is 0.341 e. The molecule has 1 aromatic carbocycles. The maximum atomic E-state index is 11.7. The molecule has 0 saturated heterocycles. The Hall–Kier alpha value is -1.22. The first-order valence-electron chi connectivity index (χ1n) is 5.75. The van der Waals surface area contributed by atoms with Crippen LogP contribution < -0.4 is 4.74 Å². The van der Waals surface area contributed by atoms with E-state index in [1.54, 1.807) is 24.3 Å². The zero-order valence-electron chi connectivity index (χ0n) is 10.1. The molecule has 0 bridgehead atoms. The van der Waals surface area contributed by atoms with Gasteiger partial charge in [0.1, 0.15) is 11.3 Å². The third-order valence-electron chi connectivity index (χ3n) is 2.12. The standard InChI is InChI=1S/C13H17ClO3/c1-3-9-16-13(15)10-7-5-6-8-11(10)17-12(14)4-2/h5-8,12H,3-4,9H2,1-2H3. The van der Waals surface area contributed by atoms with Crippen molar-refractivity contribution in [2.75, 3.05) is 6.61 Å². The Morgan fingerprint density at radius 3 is 2.71 bits per heavy atom. The van der Waals surface area contributed by atoms with Gasteiger partial charge in [-0.05, 0) is 25.0 Å². The summed E-state index contributed by atoms with van der Waals surface area (Å²) in [6, 6.07) is 6.95. The Balaban J connectivity index is 2.80. The molecule has 0 fully saturated rings. The highest BCUT2D eigenvalue weighted by Gasteiger charge is 2.15. The van der Waals surface area contributed by atoms with Gasteiger partial charge in [0.05, 0.1) is 6.61 Å². The van der Waals surface area contributed by atoms with E-state index in [9.17, 15) is 4.79 Å². The molecule has 0 saturated carbocycles. The lowest BCUT2D eigenvalue weighted by Crippen LogP contribution is -2.12. The van der Waals surface area contributed by atoms with Gasteiger partial charge in [-0.3, -0.25) is 0 Å². The predicted octanol–water partition coefficient (Wildman–Crippen LogP) is 3.61. The van der Waals surface area contributed by atoms with Crippen LogP contribution in [0.3, 0.4) is 0 Å². The van der Waals surface area contributed by atoms with Crippen molar-refractivity contribution < 1.29 is 14.3 Å². The maximum absolute atomic E-state index is 11.7. The molecule has 1 unspecified atom stereocenters. The molecule has 94 valence electrons. The number of para-hydroxylation sites is 1.